The highest BCUT2D eigenvalue weighted by atomic mass is 32.2. The van der Waals surface area contributed by atoms with E-state index >= 15 is 0 Å². The number of furan rings is 1. The Balaban J connectivity index is 1.79. The molecule has 1 aromatic carbocycles. The molecule has 1 saturated heterocycles. The molecule has 1 amide bonds. The van der Waals surface area contributed by atoms with Crippen LogP contribution in [-0.2, 0) is 22.7 Å². The first-order chi connectivity index (χ1) is 13.5. The number of sulfonamides is 1. The third-order valence-corrected chi connectivity index (χ3v) is 6.79. The lowest BCUT2D eigenvalue weighted by molar-refractivity contribution is -0.137. The first kappa shape index (κ1) is 21.4. The van der Waals surface area contributed by atoms with Gasteiger partial charge < -0.3 is 9.32 Å². The normalized spacial score (nSPS) is 15.6. The van der Waals surface area contributed by atoms with E-state index in [2.05, 4.69) is 0 Å². The molecule has 0 spiro atoms. The molecule has 0 unspecified atom stereocenters. The molecule has 1 fully saturated rings. The Kier molecular flexibility index (Phi) is 5.77. The summed E-state index contributed by atoms with van der Waals surface area (Å²) in [6.45, 7) is 2.22. The van der Waals surface area contributed by atoms with Crippen LogP contribution in [0.25, 0.3) is 0 Å². The van der Waals surface area contributed by atoms with Gasteiger partial charge in [0.1, 0.15) is 10.7 Å². The largest absolute Gasteiger partial charge is 0.455 e. The quantitative estimate of drug-likeness (QED) is 0.726. The number of hydrogen-bond donors (Lipinski definition) is 0. The average Bonchev–Trinajstić information content (AvgIpc) is 3.31. The zero-order valence-electron chi connectivity index (χ0n) is 16.0. The number of carbonyl (C=O) groups is 1. The number of rotatable bonds is 5. The van der Waals surface area contributed by atoms with E-state index in [0.29, 0.717) is 18.7 Å². The lowest BCUT2D eigenvalue weighted by Crippen LogP contribution is -2.28. The molecule has 158 valence electrons. The molecule has 6 nitrogen and oxygen atoms in total. The van der Waals surface area contributed by atoms with Crippen molar-refractivity contribution in [2.45, 2.75) is 37.4 Å². The molecule has 3 rings (SSSR count). The van der Waals surface area contributed by atoms with Gasteiger partial charge in [0.05, 0.1) is 5.56 Å². The van der Waals surface area contributed by atoms with Crippen LogP contribution < -0.4 is 0 Å². The summed E-state index contributed by atoms with van der Waals surface area (Å²) in [5.74, 6) is -0.684. The summed E-state index contributed by atoms with van der Waals surface area (Å²) in [6, 6.07) is 5.87. The van der Waals surface area contributed by atoms with Gasteiger partial charge in [-0.15, -0.1) is 0 Å². The highest BCUT2D eigenvalue weighted by Crippen LogP contribution is 2.30. The van der Waals surface area contributed by atoms with Crippen molar-refractivity contribution in [2.24, 2.45) is 0 Å². The number of nitrogens with zero attached hydrogens (tertiary/aromatic N) is 2. The summed E-state index contributed by atoms with van der Waals surface area (Å²) in [6.07, 6.45) is -2.92. The van der Waals surface area contributed by atoms with E-state index in [0.717, 1.165) is 25.0 Å². The summed E-state index contributed by atoms with van der Waals surface area (Å²) >= 11 is 0. The van der Waals surface area contributed by atoms with E-state index in [1.165, 1.54) is 41.4 Å². The molecule has 0 bridgehead atoms. The lowest BCUT2D eigenvalue weighted by atomic mass is 10.1. The van der Waals surface area contributed by atoms with Crippen LogP contribution in [-0.4, -0.2) is 43.7 Å². The van der Waals surface area contributed by atoms with Crippen molar-refractivity contribution in [1.29, 1.82) is 0 Å². The lowest BCUT2D eigenvalue weighted by Gasteiger charge is -2.17. The van der Waals surface area contributed by atoms with E-state index in [4.69, 9.17) is 4.42 Å². The van der Waals surface area contributed by atoms with Crippen LogP contribution in [0, 0.1) is 6.92 Å². The van der Waals surface area contributed by atoms with Gasteiger partial charge in [0.15, 0.2) is 5.76 Å². The van der Waals surface area contributed by atoms with Crippen molar-refractivity contribution >= 4 is 15.9 Å². The predicted octanol–water partition coefficient (Wildman–Crippen LogP) is 3.66. The zero-order valence-corrected chi connectivity index (χ0v) is 16.8. The Hall–Kier alpha value is -2.33. The molecule has 1 aliphatic rings. The number of hydrogen-bond acceptors (Lipinski definition) is 4. The maximum atomic E-state index is 12.9. The van der Waals surface area contributed by atoms with Crippen LogP contribution in [0.3, 0.4) is 0 Å². The fraction of sp³-hybridized carbons (Fsp3) is 0.421. The van der Waals surface area contributed by atoms with Gasteiger partial charge in [-0.2, -0.15) is 17.5 Å². The van der Waals surface area contributed by atoms with Gasteiger partial charge in [0.2, 0.25) is 10.0 Å². The zero-order chi connectivity index (χ0) is 21.4. The van der Waals surface area contributed by atoms with E-state index in [-0.39, 0.29) is 23.0 Å². The summed E-state index contributed by atoms with van der Waals surface area (Å²) in [7, 11) is -2.33. The second-order valence-electron chi connectivity index (χ2n) is 7.00. The average molecular weight is 430 g/mol. The summed E-state index contributed by atoms with van der Waals surface area (Å²) < 4.78 is 70.7. The Morgan fingerprint density at radius 3 is 2.48 bits per heavy atom. The minimum atomic E-state index is -4.48. The number of carbonyl (C=O) groups excluding carboxylic acids is 1. The molecule has 0 saturated carbocycles. The van der Waals surface area contributed by atoms with Crippen molar-refractivity contribution < 1.29 is 30.8 Å². The smallest absolute Gasteiger partial charge is 0.416 e. The van der Waals surface area contributed by atoms with Gasteiger partial charge >= 0.3 is 6.18 Å². The monoisotopic (exact) mass is 430 g/mol. The van der Waals surface area contributed by atoms with Crippen LogP contribution in [0.5, 0.6) is 0 Å². The maximum absolute atomic E-state index is 12.9. The Bertz CT molecular complexity index is 1010. The van der Waals surface area contributed by atoms with E-state index in [1.54, 1.807) is 0 Å². The van der Waals surface area contributed by atoms with Crippen molar-refractivity contribution in [3.05, 3.63) is 53.0 Å². The molecule has 29 heavy (non-hydrogen) atoms. The van der Waals surface area contributed by atoms with E-state index < -0.39 is 27.7 Å². The van der Waals surface area contributed by atoms with Crippen LogP contribution in [0.1, 0.15) is 40.3 Å². The fourth-order valence-electron chi connectivity index (χ4n) is 3.27. The third kappa shape index (κ3) is 4.48. The van der Waals surface area contributed by atoms with Crippen molar-refractivity contribution in [3.63, 3.8) is 0 Å². The van der Waals surface area contributed by atoms with Gasteiger partial charge in [-0.25, -0.2) is 8.42 Å². The standard InChI is InChI=1S/C19H21F3N2O4S/c1-13-17(29(26,27)24-8-3-4-9-24)11-16(28-13)18(25)23(2)12-14-6-5-7-15(10-14)19(20,21)22/h5-7,10-11H,3-4,8-9,12H2,1-2H3. The highest BCUT2D eigenvalue weighted by molar-refractivity contribution is 7.89. The van der Waals surface area contributed by atoms with Gasteiger partial charge in [0.25, 0.3) is 5.91 Å². The Labute approximate surface area is 167 Å². The van der Waals surface area contributed by atoms with Crippen LogP contribution >= 0.6 is 0 Å². The Morgan fingerprint density at radius 1 is 1.21 bits per heavy atom. The molecule has 0 aliphatic carbocycles. The number of amides is 1. The molecule has 2 heterocycles. The highest BCUT2D eigenvalue weighted by Gasteiger charge is 2.33. The maximum Gasteiger partial charge on any atom is 0.416 e. The first-order valence-corrected chi connectivity index (χ1v) is 10.5. The molecule has 0 N–H and O–H groups in total. The minimum absolute atomic E-state index is 0.0600. The van der Waals surface area contributed by atoms with Gasteiger partial charge in [-0.05, 0) is 37.5 Å². The number of benzene rings is 1. The van der Waals surface area contributed by atoms with Crippen molar-refractivity contribution in [1.82, 2.24) is 9.21 Å². The summed E-state index contributed by atoms with van der Waals surface area (Å²) in [4.78, 5) is 13.8. The van der Waals surface area contributed by atoms with Crippen molar-refractivity contribution in [3.8, 4) is 0 Å². The number of halogens is 3. The molecule has 0 atom stereocenters. The van der Waals surface area contributed by atoms with Crippen LogP contribution in [0.2, 0.25) is 0 Å². The first-order valence-electron chi connectivity index (χ1n) is 9.02. The topological polar surface area (TPSA) is 70.8 Å². The molecule has 0 radical (unpaired) electrons. The van der Waals surface area contributed by atoms with Crippen LogP contribution in [0.4, 0.5) is 13.2 Å². The van der Waals surface area contributed by atoms with Gasteiger partial charge in [-0.3, -0.25) is 4.79 Å². The van der Waals surface area contributed by atoms with Gasteiger partial charge in [-0.1, -0.05) is 12.1 Å². The Morgan fingerprint density at radius 2 is 1.86 bits per heavy atom. The number of alkyl halides is 3. The minimum Gasteiger partial charge on any atom is -0.455 e. The van der Waals surface area contributed by atoms with Crippen LogP contribution in [0.15, 0.2) is 39.6 Å². The summed E-state index contributed by atoms with van der Waals surface area (Å²) in [5.41, 5.74) is -0.507. The third-order valence-electron chi connectivity index (χ3n) is 4.79. The molecule has 10 heteroatoms. The molecule has 1 aliphatic heterocycles. The molecule has 1 aromatic heterocycles. The second kappa shape index (κ2) is 7.83. The fourth-order valence-corrected chi connectivity index (χ4v) is 4.95. The van der Waals surface area contributed by atoms with E-state index in [1.807, 2.05) is 0 Å². The molecule has 2 aromatic rings. The second-order valence-corrected chi connectivity index (χ2v) is 8.91. The van der Waals surface area contributed by atoms with Gasteiger partial charge in [0, 0.05) is 32.7 Å². The SMILES string of the molecule is Cc1oc(C(=O)N(C)Cc2cccc(C(F)(F)F)c2)cc1S(=O)(=O)N1CCCC1. The predicted molar refractivity (Wildman–Crippen MR) is 98.7 cm³/mol. The number of aryl methyl sites for hydroxylation is 1. The van der Waals surface area contributed by atoms with Crippen molar-refractivity contribution in [2.75, 3.05) is 20.1 Å². The summed E-state index contributed by atoms with van der Waals surface area (Å²) in [5, 5.41) is 0. The van der Waals surface area contributed by atoms with E-state index in [9.17, 15) is 26.4 Å². The molecular weight excluding hydrogens is 409 g/mol. The molecular formula is C19H21F3N2O4S.